The zero-order chi connectivity index (χ0) is 15.8. The van der Waals surface area contributed by atoms with Crippen LogP contribution < -0.4 is 4.72 Å². The third kappa shape index (κ3) is 3.16. The summed E-state index contributed by atoms with van der Waals surface area (Å²) < 4.78 is 50.5. The summed E-state index contributed by atoms with van der Waals surface area (Å²) in [7, 11) is -6.07. The lowest BCUT2D eigenvalue weighted by atomic mass is 10.3. The van der Waals surface area contributed by atoms with Gasteiger partial charge >= 0.3 is 0 Å². The van der Waals surface area contributed by atoms with Crippen LogP contribution >= 0.6 is 0 Å². The normalized spacial score (nSPS) is 12.3. The third-order valence-corrected chi connectivity index (χ3v) is 5.24. The van der Waals surface area contributed by atoms with Gasteiger partial charge in [0.05, 0.1) is 16.8 Å². The highest BCUT2D eigenvalue weighted by molar-refractivity contribution is 7.92. The molecule has 0 radical (unpaired) electrons. The molecule has 0 aliphatic carbocycles. The molecule has 0 unspecified atom stereocenters. The molecule has 0 saturated heterocycles. The molecule has 0 aliphatic rings. The van der Waals surface area contributed by atoms with Crippen molar-refractivity contribution in [3.05, 3.63) is 30.5 Å². The summed E-state index contributed by atoms with van der Waals surface area (Å²) in [5.41, 5.74) is -0.223. The first-order valence-corrected chi connectivity index (χ1v) is 9.02. The lowest BCUT2D eigenvalue weighted by molar-refractivity contribution is 0.477. The van der Waals surface area contributed by atoms with E-state index in [9.17, 15) is 21.9 Å². The second-order valence-corrected chi connectivity index (χ2v) is 7.99. The van der Waals surface area contributed by atoms with Crippen molar-refractivity contribution in [3.8, 4) is 5.75 Å². The molecule has 2 rings (SSSR count). The van der Waals surface area contributed by atoms with Gasteiger partial charge in [0.2, 0.25) is 0 Å². The second kappa shape index (κ2) is 5.04. The Morgan fingerprint density at radius 2 is 1.86 bits per heavy atom. The minimum atomic E-state index is -3.99. The predicted octanol–water partition coefficient (Wildman–Crippen LogP) is 0.330. The molecule has 0 fully saturated rings. The van der Waals surface area contributed by atoms with Gasteiger partial charge < -0.3 is 5.11 Å². The summed E-state index contributed by atoms with van der Waals surface area (Å²) in [6.07, 6.45) is 2.29. The van der Waals surface area contributed by atoms with E-state index in [1.54, 1.807) is 0 Å². The maximum absolute atomic E-state index is 12.2. The maximum Gasteiger partial charge on any atom is 0.279 e. The highest BCUT2D eigenvalue weighted by Gasteiger charge is 2.20. The molecule has 1 heterocycles. The predicted molar refractivity (Wildman–Crippen MR) is 75.2 cm³/mol. The SMILES string of the molecule is Cn1nccc1S(=O)(=O)Nc1cc(S(C)(=O)=O)ccc1O. The van der Waals surface area contributed by atoms with Crippen LogP contribution in [0.3, 0.4) is 0 Å². The topological polar surface area (TPSA) is 118 Å². The number of aromatic hydroxyl groups is 1. The number of rotatable bonds is 4. The summed E-state index contributed by atoms with van der Waals surface area (Å²) in [5.74, 6) is -0.381. The maximum atomic E-state index is 12.2. The molecule has 1 aromatic heterocycles. The van der Waals surface area contributed by atoms with Gasteiger partial charge in [-0.15, -0.1) is 0 Å². The van der Waals surface area contributed by atoms with Crippen molar-refractivity contribution in [2.45, 2.75) is 9.92 Å². The standard InChI is InChI=1S/C11H13N3O5S2/c1-14-11(5-6-12-14)21(18,19)13-9-7-8(20(2,16)17)3-4-10(9)15/h3-7,13,15H,1-2H3. The monoisotopic (exact) mass is 331 g/mol. The summed E-state index contributed by atoms with van der Waals surface area (Å²) in [4.78, 5) is -0.108. The average molecular weight is 331 g/mol. The van der Waals surface area contributed by atoms with E-state index in [1.807, 2.05) is 0 Å². The molecule has 0 spiro atoms. The van der Waals surface area contributed by atoms with Crippen LogP contribution in [0, 0.1) is 0 Å². The van der Waals surface area contributed by atoms with Crippen LogP contribution in [0.2, 0.25) is 0 Å². The number of sulfone groups is 1. The summed E-state index contributed by atoms with van der Waals surface area (Å²) in [6, 6.07) is 4.63. The summed E-state index contributed by atoms with van der Waals surface area (Å²) >= 11 is 0. The third-order valence-electron chi connectivity index (χ3n) is 2.69. The minimum Gasteiger partial charge on any atom is -0.506 e. The first-order valence-electron chi connectivity index (χ1n) is 5.65. The van der Waals surface area contributed by atoms with Gasteiger partial charge in [-0.3, -0.25) is 9.40 Å². The van der Waals surface area contributed by atoms with Gasteiger partial charge in [0.15, 0.2) is 14.9 Å². The molecule has 2 aromatic rings. The Bertz CT molecular complexity index is 884. The quantitative estimate of drug-likeness (QED) is 0.779. The number of aryl methyl sites for hydroxylation is 1. The minimum absolute atomic E-state index is 0.108. The molecule has 1 aromatic carbocycles. The Balaban J connectivity index is 2.47. The molecule has 10 heteroatoms. The Morgan fingerprint density at radius 3 is 2.38 bits per heavy atom. The number of benzene rings is 1. The fourth-order valence-corrected chi connectivity index (χ4v) is 3.49. The number of hydrogen-bond donors (Lipinski definition) is 2. The van der Waals surface area contributed by atoms with E-state index >= 15 is 0 Å². The average Bonchev–Trinajstić information content (AvgIpc) is 2.77. The van der Waals surface area contributed by atoms with Crippen LogP contribution in [0.5, 0.6) is 5.75 Å². The molecule has 0 atom stereocenters. The van der Waals surface area contributed by atoms with Crippen LogP contribution in [0.1, 0.15) is 0 Å². The number of anilines is 1. The lowest BCUT2D eigenvalue weighted by Gasteiger charge is -2.10. The van der Waals surface area contributed by atoms with E-state index in [4.69, 9.17) is 0 Å². The van der Waals surface area contributed by atoms with E-state index in [-0.39, 0.29) is 21.4 Å². The highest BCUT2D eigenvalue weighted by atomic mass is 32.2. The van der Waals surface area contributed by atoms with Gasteiger partial charge in [0.25, 0.3) is 10.0 Å². The van der Waals surface area contributed by atoms with E-state index in [0.717, 1.165) is 23.1 Å². The summed E-state index contributed by atoms with van der Waals surface area (Å²) in [5, 5.41) is 13.3. The number of nitrogens with one attached hydrogen (secondary N) is 1. The number of sulfonamides is 1. The van der Waals surface area contributed by atoms with Crippen molar-refractivity contribution in [1.82, 2.24) is 9.78 Å². The van der Waals surface area contributed by atoms with E-state index in [1.165, 1.54) is 25.4 Å². The molecule has 0 aliphatic heterocycles. The van der Waals surface area contributed by atoms with Gasteiger partial charge in [0.1, 0.15) is 5.75 Å². The number of hydrogen-bond acceptors (Lipinski definition) is 6. The number of nitrogens with zero attached hydrogens (tertiary/aromatic N) is 2. The van der Waals surface area contributed by atoms with Gasteiger partial charge in [0, 0.05) is 13.3 Å². The van der Waals surface area contributed by atoms with Crippen molar-refractivity contribution in [2.75, 3.05) is 11.0 Å². The molecular weight excluding hydrogens is 318 g/mol. The van der Waals surface area contributed by atoms with Gasteiger partial charge in [-0.2, -0.15) is 13.5 Å². The van der Waals surface area contributed by atoms with E-state index < -0.39 is 19.9 Å². The Kier molecular flexibility index (Phi) is 3.68. The largest absolute Gasteiger partial charge is 0.506 e. The first kappa shape index (κ1) is 15.3. The molecule has 8 nitrogen and oxygen atoms in total. The zero-order valence-electron chi connectivity index (χ0n) is 11.2. The van der Waals surface area contributed by atoms with Crippen molar-refractivity contribution in [3.63, 3.8) is 0 Å². The van der Waals surface area contributed by atoms with Crippen molar-refractivity contribution < 1.29 is 21.9 Å². The van der Waals surface area contributed by atoms with Gasteiger partial charge in [-0.1, -0.05) is 0 Å². The Labute approximate surface area is 122 Å². The first-order chi connectivity index (χ1) is 9.61. The highest BCUT2D eigenvalue weighted by Crippen LogP contribution is 2.28. The number of phenolic OH excluding ortho intramolecular Hbond substituents is 1. The van der Waals surface area contributed by atoms with E-state index in [0.29, 0.717) is 0 Å². The molecule has 21 heavy (non-hydrogen) atoms. The summed E-state index contributed by atoms with van der Waals surface area (Å²) in [6.45, 7) is 0. The van der Waals surface area contributed by atoms with Crippen LogP contribution in [0.25, 0.3) is 0 Å². The van der Waals surface area contributed by atoms with Crippen molar-refractivity contribution in [2.24, 2.45) is 7.05 Å². The number of aromatic nitrogens is 2. The van der Waals surface area contributed by atoms with E-state index in [2.05, 4.69) is 9.82 Å². The Hall–Kier alpha value is -2.07. The fraction of sp³-hybridized carbons (Fsp3) is 0.182. The smallest absolute Gasteiger partial charge is 0.279 e. The lowest BCUT2D eigenvalue weighted by Crippen LogP contribution is -2.17. The van der Waals surface area contributed by atoms with Crippen LogP contribution in [-0.4, -0.2) is 38.0 Å². The van der Waals surface area contributed by atoms with Crippen molar-refractivity contribution >= 4 is 25.5 Å². The molecule has 0 bridgehead atoms. The molecule has 114 valence electrons. The number of phenols is 1. The fourth-order valence-electron chi connectivity index (χ4n) is 1.65. The van der Waals surface area contributed by atoms with Crippen LogP contribution in [0.4, 0.5) is 5.69 Å². The van der Waals surface area contributed by atoms with Gasteiger partial charge in [-0.25, -0.2) is 8.42 Å². The molecule has 2 N–H and O–H groups in total. The van der Waals surface area contributed by atoms with Gasteiger partial charge in [-0.05, 0) is 24.3 Å². The van der Waals surface area contributed by atoms with Crippen LogP contribution in [-0.2, 0) is 26.9 Å². The van der Waals surface area contributed by atoms with Crippen LogP contribution in [0.15, 0.2) is 40.4 Å². The molecular formula is C11H13N3O5S2. The molecule has 0 amide bonds. The van der Waals surface area contributed by atoms with Crippen molar-refractivity contribution in [1.29, 1.82) is 0 Å². The molecule has 0 saturated carbocycles. The second-order valence-electron chi connectivity index (χ2n) is 4.35. The Morgan fingerprint density at radius 1 is 1.19 bits per heavy atom. The zero-order valence-corrected chi connectivity index (χ0v) is 12.8.